The fourth-order valence-corrected chi connectivity index (χ4v) is 1.24. The van der Waals surface area contributed by atoms with Crippen LogP contribution in [-0.4, -0.2) is 17.7 Å². The van der Waals surface area contributed by atoms with E-state index in [-0.39, 0.29) is 17.0 Å². The van der Waals surface area contributed by atoms with E-state index >= 15 is 0 Å². The Kier molecular flexibility index (Phi) is 3.65. The molecule has 0 aliphatic rings. The Labute approximate surface area is 90.6 Å². The monoisotopic (exact) mass is 231 g/mol. The van der Waals surface area contributed by atoms with E-state index in [1.165, 1.54) is 25.1 Å². The number of alkyl halides is 2. The molecule has 1 unspecified atom stereocenters. The highest BCUT2D eigenvalue weighted by molar-refractivity contribution is 5.78. The fourth-order valence-electron chi connectivity index (χ4n) is 1.24. The molecular weight excluding hydrogens is 220 g/mol. The maximum absolute atomic E-state index is 11.9. The van der Waals surface area contributed by atoms with Gasteiger partial charge in [-0.2, -0.15) is 8.78 Å². The molecule has 1 aromatic rings. The minimum absolute atomic E-state index is 0.104. The Hall–Kier alpha value is -1.85. The van der Waals surface area contributed by atoms with Crippen molar-refractivity contribution in [3.63, 3.8) is 0 Å². The number of ether oxygens (including phenoxy) is 1. The van der Waals surface area contributed by atoms with Crippen molar-refractivity contribution in [2.75, 3.05) is 5.73 Å². The number of anilines is 1. The van der Waals surface area contributed by atoms with E-state index in [0.29, 0.717) is 0 Å². The summed E-state index contributed by atoms with van der Waals surface area (Å²) in [4.78, 5) is 10.7. The first-order valence-electron chi connectivity index (χ1n) is 4.49. The van der Waals surface area contributed by atoms with Gasteiger partial charge >= 0.3 is 12.6 Å². The molecule has 0 saturated carbocycles. The summed E-state index contributed by atoms with van der Waals surface area (Å²) < 4.78 is 28.0. The molecular formula is C10H11F2NO3. The van der Waals surface area contributed by atoms with Crippen LogP contribution in [0.3, 0.4) is 0 Å². The second-order valence-electron chi connectivity index (χ2n) is 3.23. The molecule has 0 radical (unpaired) electrons. The molecule has 1 rings (SSSR count). The molecule has 0 heterocycles. The molecule has 0 fully saturated rings. The summed E-state index contributed by atoms with van der Waals surface area (Å²) in [6.45, 7) is -1.53. The minimum atomic E-state index is -2.95. The lowest BCUT2D eigenvalue weighted by Gasteiger charge is -2.12. The zero-order valence-corrected chi connectivity index (χ0v) is 8.48. The van der Waals surface area contributed by atoms with E-state index in [9.17, 15) is 13.6 Å². The van der Waals surface area contributed by atoms with Gasteiger partial charge in [-0.3, -0.25) is 4.79 Å². The number of rotatable bonds is 4. The summed E-state index contributed by atoms with van der Waals surface area (Å²) in [5, 5.41) is 8.79. The number of hydrogen-bond acceptors (Lipinski definition) is 3. The average molecular weight is 231 g/mol. The highest BCUT2D eigenvalue weighted by atomic mass is 19.3. The van der Waals surface area contributed by atoms with Crippen molar-refractivity contribution < 1.29 is 23.4 Å². The Morgan fingerprint density at radius 1 is 1.50 bits per heavy atom. The molecule has 0 saturated heterocycles. The zero-order valence-electron chi connectivity index (χ0n) is 8.48. The van der Waals surface area contributed by atoms with Crippen LogP contribution in [0.1, 0.15) is 18.4 Å². The SMILES string of the molecule is CC(C(=O)O)c1cc(OC(F)F)ccc1N. The number of carboxylic acid groups (broad SMARTS) is 1. The van der Waals surface area contributed by atoms with Crippen LogP contribution in [0.5, 0.6) is 5.75 Å². The molecule has 16 heavy (non-hydrogen) atoms. The van der Waals surface area contributed by atoms with Crippen LogP contribution in [0.15, 0.2) is 18.2 Å². The van der Waals surface area contributed by atoms with Crippen molar-refractivity contribution in [3.8, 4) is 5.75 Å². The lowest BCUT2D eigenvalue weighted by atomic mass is 9.99. The number of carboxylic acids is 1. The van der Waals surface area contributed by atoms with Crippen LogP contribution < -0.4 is 10.5 Å². The smallest absolute Gasteiger partial charge is 0.387 e. The van der Waals surface area contributed by atoms with E-state index in [2.05, 4.69) is 4.74 Å². The highest BCUT2D eigenvalue weighted by Crippen LogP contribution is 2.27. The third kappa shape index (κ3) is 2.82. The molecule has 6 heteroatoms. The molecule has 0 aliphatic heterocycles. The van der Waals surface area contributed by atoms with Gasteiger partial charge in [-0.25, -0.2) is 0 Å². The van der Waals surface area contributed by atoms with Crippen LogP contribution in [0.25, 0.3) is 0 Å². The highest BCUT2D eigenvalue weighted by Gasteiger charge is 2.18. The van der Waals surface area contributed by atoms with Gasteiger partial charge < -0.3 is 15.6 Å². The van der Waals surface area contributed by atoms with Crippen LogP contribution in [0.4, 0.5) is 14.5 Å². The van der Waals surface area contributed by atoms with Gasteiger partial charge in [-0.05, 0) is 30.7 Å². The summed E-state index contributed by atoms with van der Waals surface area (Å²) in [5.74, 6) is -2.06. The predicted molar refractivity (Wildman–Crippen MR) is 53.5 cm³/mol. The Morgan fingerprint density at radius 2 is 2.12 bits per heavy atom. The van der Waals surface area contributed by atoms with Gasteiger partial charge in [0, 0.05) is 5.69 Å². The van der Waals surface area contributed by atoms with Gasteiger partial charge in [-0.1, -0.05) is 0 Å². The quantitative estimate of drug-likeness (QED) is 0.778. The van der Waals surface area contributed by atoms with Crippen molar-refractivity contribution in [2.24, 2.45) is 0 Å². The van der Waals surface area contributed by atoms with E-state index in [4.69, 9.17) is 10.8 Å². The summed E-state index contributed by atoms with van der Waals surface area (Å²) in [5.41, 5.74) is 6.04. The van der Waals surface area contributed by atoms with Crippen LogP contribution >= 0.6 is 0 Å². The number of nitrogens with two attached hydrogens (primary N) is 1. The lowest BCUT2D eigenvalue weighted by Crippen LogP contribution is -2.10. The normalized spacial score (nSPS) is 12.5. The standard InChI is InChI=1S/C10H11F2NO3/c1-5(9(14)15)7-4-6(16-10(11)12)2-3-8(7)13/h2-5,10H,13H2,1H3,(H,14,15). The van der Waals surface area contributed by atoms with Gasteiger partial charge in [0.05, 0.1) is 5.92 Å². The van der Waals surface area contributed by atoms with Crippen molar-refractivity contribution in [1.82, 2.24) is 0 Å². The summed E-state index contributed by atoms with van der Waals surface area (Å²) in [6.07, 6.45) is 0. The second kappa shape index (κ2) is 4.78. The molecule has 0 spiro atoms. The third-order valence-electron chi connectivity index (χ3n) is 2.12. The molecule has 0 aliphatic carbocycles. The first kappa shape index (κ1) is 12.2. The van der Waals surface area contributed by atoms with Crippen LogP contribution in [-0.2, 0) is 4.79 Å². The van der Waals surface area contributed by atoms with Gasteiger partial charge in [0.25, 0.3) is 0 Å². The maximum atomic E-state index is 11.9. The molecule has 4 nitrogen and oxygen atoms in total. The second-order valence-corrected chi connectivity index (χ2v) is 3.23. The van der Waals surface area contributed by atoms with Crippen LogP contribution in [0, 0.1) is 0 Å². The Balaban J connectivity index is 3.03. The molecule has 1 atom stereocenters. The van der Waals surface area contributed by atoms with Gasteiger partial charge in [0.1, 0.15) is 5.75 Å². The molecule has 0 bridgehead atoms. The number of carbonyl (C=O) groups is 1. The zero-order chi connectivity index (χ0) is 12.3. The van der Waals surface area contributed by atoms with Gasteiger partial charge in [0.2, 0.25) is 0 Å². The number of benzene rings is 1. The van der Waals surface area contributed by atoms with E-state index in [0.717, 1.165) is 0 Å². The molecule has 88 valence electrons. The van der Waals surface area contributed by atoms with E-state index < -0.39 is 18.5 Å². The number of aliphatic carboxylic acids is 1. The van der Waals surface area contributed by atoms with E-state index in [1.54, 1.807) is 0 Å². The Bertz CT molecular complexity index is 396. The number of halogens is 2. The fraction of sp³-hybridized carbons (Fsp3) is 0.300. The minimum Gasteiger partial charge on any atom is -0.481 e. The van der Waals surface area contributed by atoms with Gasteiger partial charge in [-0.15, -0.1) is 0 Å². The Morgan fingerprint density at radius 3 is 2.62 bits per heavy atom. The van der Waals surface area contributed by atoms with Crippen molar-refractivity contribution in [1.29, 1.82) is 0 Å². The summed E-state index contributed by atoms with van der Waals surface area (Å²) in [6, 6.07) is 3.81. The topological polar surface area (TPSA) is 72.5 Å². The average Bonchev–Trinajstić information content (AvgIpc) is 2.19. The first-order chi connectivity index (χ1) is 7.41. The molecule has 3 N–H and O–H groups in total. The largest absolute Gasteiger partial charge is 0.481 e. The number of nitrogen functional groups attached to an aromatic ring is 1. The predicted octanol–water partition coefficient (Wildman–Crippen LogP) is 2.06. The summed E-state index contributed by atoms with van der Waals surface area (Å²) in [7, 11) is 0. The molecule has 0 aromatic heterocycles. The summed E-state index contributed by atoms with van der Waals surface area (Å²) >= 11 is 0. The van der Waals surface area contributed by atoms with Crippen molar-refractivity contribution in [3.05, 3.63) is 23.8 Å². The molecule has 1 aromatic carbocycles. The first-order valence-corrected chi connectivity index (χ1v) is 4.49. The molecule has 0 amide bonds. The number of hydrogen-bond donors (Lipinski definition) is 2. The lowest BCUT2D eigenvalue weighted by molar-refractivity contribution is -0.138. The van der Waals surface area contributed by atoms with Crippen molar-refractivity contribution in [2.45, 2.75) is 19.5 Å². The van der Waals surface area contributed by atoms with Crippen LogP contribution in [0.2, 0.25) is 0 Å². The maximum Gasteiger partial charge on any atom is 0.387 e. The van der Waals surface area contributed by atoms with E-state index in [1.807, 2.05) is 0 Å². The third-order valence-corrected chi connectivity index (χ3v) is 2.12. The van der Waals surface area contributed by atoms with Gasteiger partial charge in [0.15, 0.2) is 0 Å². The van der Waals surface area contributed by atoms with Crippen molar-refractivity contribution >= 4 is 11.7 Å².